The largest absolute Gasteiger partial charge is 0.391 e. The third-order valence-corrected chi connectivity index (χ3v) is 6.46. The van der Waals surface area contributed by atoms with Crippen LogP contribution in [0.2, 0.25) is 0 Å². The summed E-state index contributed by atoms with van der Waals surface area (Å²) in [5.41, 5.74) is 0.705. The van der Waals surface area contributed by atoms with Crippen molar-refractivity contribution in [2.24, 2.45) is 11.3 Å². The van der Waals surface area contributed by atoms with Crippen molar-refractivity contribution in [1.82, 2.24) is 20.0 Å². The van der Waals surface area contributed by atoms with Crippen molar-refractivity contribution in [3.63, 3.8) is 0 Å². The summed E-state index contributed by atoms with van der Waals surface area (Å²) < 4.78 is 6.62. The van der Waals surface area contributed by atoms with Crippen molar-refractivity contribution in [2.45, 2.75) is 25.0 Å². The number of amides is 2. The number of benzene rings is 1. The zero-order chi connectivity index (χ0) is 21.1. The Morgan fingerprint density at radius 3 is 2.80 bits per heavy atom. The number of nitrogens with zero attached hydrogens (tertiary/aromatic N) is 3. The maximum absolute atomic E-state index is 12.8. The molecule has 1 saturated carbocycles. The molecular weight excluding hydrogens is 384 g/mol. The average Bonchev–Trinajstić information content (AvgIpc) is 3.03. The molecule has 2 N–H and O–H groups in total. The zero-order valence-corrected chi connectivity index (χ0v) is 17.1. The van der Waals surface area contributed by atoms with Gasteiger partial charge >= 0.3 is 0 Å². The normalized spacial score (nSPS) is 27.4. The third kappa shape index (κ3) is 3.85. The summed E-state index contributed by atoms with van der Waals surface area (Å²) in [7, 11) is 1.48. The van der Waals surface area contributed by atoms with E-state index in [0.717, 1.165) is 5.56 Å². The molecule has 1 saturated heterocycles. The molecule has 0 bridgehead atoms. The highest BCUT2D eigenvalue weighted by atomic mass is 16.5. The van der Waals surface area contributed by atoms with Crippen LogP contribution in [0.1, 0.15) is 17.9 Å². The Morgan fingerprint density at radius 2 is 2.10 bits per heavy atom. The Morgan fingerprint density at radius 1 is 1.30 bits per heavy atom. The lowest BCUT2D eigenvalue weighted by atomic mass is 9.95. The summed E-state index contributed by atoms with van der Waals surface area (Å²) in [6, 6.07) is 11.9. The number of β-amino-alcohol motifs (C(OH)–C–C–N with tert-alkyl or cyclic N) is 1. The number of rotatable bonds is 8. The van der Waals surface area contributed by atoms with Crippen LogP contribution >= 0.6 is 0 Å². The highest BCUT2D eigenvalue weighted by molar-refractivity contribution is 5.78. The van der Waals surface area contributed by atoms with E-state index >= 15 is 0 Å². The fourth-order valence-corrected chi connectivity index (χ4v) is 5.00. The van der Waals surface area contributed by atoms with E-state index < -0.39 is 11.5 Å². The maximum atomic E-state index is 12.8. The summed E-state index contributed by atoms with van der Waals surface area (Å²) in [6.07, 6.45) is 3.24. The van der Waals surface area contributed by atoms with Gasteiger partial charge in [0.15, 0.2) is 0 Å². The van der Waals surface area contributed by atoms with Gasteiger partial charge in [-0.1, -0.05) is 30.3 Å². The van der Waals surface area contributed by atoms with Crippen LogP contribution in [0.5, 0.6) is 0 Å². The van der Waals surface area contributed by atoms with Gasteiger partial charge < -0.3 is 20.1 Å². The van der Waals surface area contributed by atoms with E-state index in [1.54, 1.807) is 15.8 Å². The highest BCUT2D eigenvalue weighted by Gasteiger charge is 2.71. The zero-order valence-electron chi connectivity index (χ0n) is 17.1. The van der Waals surface area contributed by atoms with Crippen LogP contribution < -0.4 is 5.32 Å². The van der Waals surface area contributed by atoms with Crippen LogP contribution in [0.15, 0.2) is 48.8 Å². The lowest BCUT2D eigenvalue weighted by Gasteiger charge is -2.17. The number of carbonyl (C=O) groups is 2. The van der Waals surface area contributed by atoms with Gasteiger partial charge in [0.25, 0.3) is 0 Å². The second kappa shape index (κ2) is 8.57. The fraction of sp³-hybridized carbons (Fsp3) is 0.500. The van der Waals surface area contributed by atoms with Gasteiger partial charge in [-0.15, -0.1) is 0 Å². The molecular formula is C22H28N4O4. The van der Waals surface area contributed by atoms with Gasteiger partial charge in [0.05, 0.1) is 6.10 Å². The summed E-state index contributed by atoms with van der Waals surface area (Å²) >= 11 is 0. The van der Waals surface area contributed by atoms with Crippen molar-refractivity contribution in [3.05, 3.63) is 54.4 Å². The van der Waals surface area contributed by atoms with Crippen LogP contribution in [-0.4, -0.2) is 71.1 Å². The van der Waals surface area contributed by atoms with E-state index in [4.69, 9.17) is 4.74 Å². The smallest absolute Gasteiger partial charge is 0.245 e. The minimum atomic E-state index is -0.624. The predicted molar refractivity (Wildman–Crippen MR) is 109 cm³/mol. The van der Waals surface area contributed by atoms with E-state index in [2.05, 4.69) is 22.5 Å². The minimum absolute atomic E-state index is 0.0102. The Hall–Kier alpha value is -2.71. The molecule has 8 nitrogen and oxygen atoms in total. The number of likely N-dealkylation sites (tertiary alicyclic amines) is 1. The van der Waals surface area contributed by atoms with Gasteiger partial charge in [0.2, 0.25) is 11.8 Å². The van der Waals surface area contributed by atoms with E-state index in [1.165, 1.54) is 7.11 Å². The lowest BCUT2D eigenvalue weighted by Crippen LogP contribution is -2.32. The van der Waals surface area contributed by atoms with Crippen molar-refractivity contribution >= 4 is 11.8 Å². The fourth-order valence-electron chi connectivity index (χ4n) is 5.00. The summed E-state index contributed by atoms with van der Waals surface area (Å²) in [5.74, 6) is 0.00777. The number of hydrogen-bond acceptors (Lipinski definition) is 5. The third-order valence-electron chi connectivity index (χ3n) is 6.46. The second-order valence-corrected chi connectivity index (χ2v) is 8.15. The first-order valence-electron chi connectivity index (χ1n) is 10.3. The molecule has 2 aromatic rings. The Balaban J connectivity index is 1.46. The molecule has 2 heterocycles. The number of aryl methyl sites for hydroxylation is 1. The standard InChI is InChI=1S/C22H28N4O4/c1-30-14-19(28)23-12-17-21(16-6-3-2-4-7-16)22(17)15-25(13-18(22)27)20(29)8-11-26-10-5-9-24-26/h2-7,9-10,17-18,21,27H,8,11-15H2,1H3,(H,23,28)/t17-,18+,21-,22-/m1/s1. The molecule has 1 aliphatic carbocycles. The first-order valence-corrected chi connectivity index (χ1v) is 10.3. The van der Waals surface area contributed by atoms with Crippen molar-refractivity contribution < 1.29 is 19.4 Å². The van der Waals surface area contributed by atoms with Gasteiger partial charge in [-0.05, 0) is 23.5 Å². The predicted octanol–water partition coefficient (Wildman–Crippen LogP) is 0.639. The van der Waals surface area contributed by atoms with Crippen molar-refractivity contribution in [2.75, 3.05) is 33.4 Å². The topological polar surface area (TPSA) is 96.7 Å². The van der Waals surface area contributed by atoms with Gasteiger partial charge in [0, 0.05) is 57.5 Å². The Labute approximate surface area is 175 Å². The molecule has 1 aromatic heterocycles. The SMILES string of the molecule is COCC(=O)NC[C@@H]1[C@@H](c2ccccc2)[C@]12CN(C(=O)CCn1cccn1)C[C@@H]2O. The van der Waals surface area contributed by atoms with Gasteiger partial charge in [0.1, 0.15) is 6.61 Å². The highest BCUT2D eigenvalue weighted by Crippen LogP contribution is 2.68. The minimum Gasteiger partial charge on any atom is -0.391 e. The monoisotopic (exact) mass is 412 g/mol. The number of carbonyl (C=O) groups excluding carboxylic acids is 2. The number of nitrogens with one attached hydrogen (secondary N) is 1. The first-order chi connectivity index (χ1) is 14.6. The summed E-state index contributed by atoms with van der Waals surface area (Å²) in [4.78, 5) is 26.5. The van der Waals surface area contributed by atoms with E-state index in [1.807, 2.05) is 30.5 Å². The van der Waals surface area contributed by atoms with Crippen LogP contribution in [0.3, 0.4) is 0 Å². The van der Waals surface area contributed by atoms with Crippen LogP contribution in [-0.2, 0) is 20.9 Å². The molecule has 8 heteroatoms. The number of ether oxygens (including phenoxy) is 1. The number of aliphatic hydroxyl groups excluding tert-OH is 1. The van der Waals surface area contributed by atoms with Crippen molar-refractivity contribution in [1.29, 1.82) is 0 Å². The Kier molecular flexibility index (Phi) is 5.87. The quantitative estimate of drug-likeness (QED) is 0.663. The van der Waals surface area contributed by atoms with E-state index in [0.29, 0.717) is 32.6 Å². The van der Waals surface area contributed by atoms with E-state index in [-0.39, 0.29) is 30.3 Å². The molecule has 2 amide bonds. The maximum Gasteiger partial charge on any atom is 0.245 e. The molecule has 160 valence electrons. The molecule has 1 spiro atoms. The van der Waals surface area contributed by atoms with Crippen LogP contribution in [0.4, 0.5) is 0 Å². The van der Waals surface area contributed by atoms with Crippen molar-refractivity contribution in [3.8, 4) is 0 Å². The molecule has 4 atom stereocenters. The molecule has 2 fully saturated rings. The van der Waals surface area contributed by atoms with Gasteiger partial charge in [-0.3, -0.25) is 14.3 Å². The lowest BCUT2D eigenvalue weighted by molar-refractivity contribution is -0.131. The van der Waals surface area contributed by atoms with E-state index in [9.17, 15) is 14.7 Å². The van der Waals surface area contributed by atoms with Crippen LogP contribution in [0.25, 0.3) is 0 Å². The molecule has 0 radical (unpaired) electrons. The second-order valence-electron chi connectivity index (χ2n) is 8.15. The van der Waals surface area contributed by atoms with Gasteiger partial charge in [-0.25, -0.2) is 0 Å². The number of aromatic nitrogens is 2. The Bertz CT molecular complexity index is 873. The molecule has 4 rings (SSSR count). The molecule has 2 aliphatic rings. The average molecular weight is 412 g/mol. The summed E-state index contributed by atoms with van der Waals surface area (Å²) in [5, 5.41) is 18.1. The molecule has 30 heavy (non-hydrogen) atoms. The number of aliphatic hydroxyl groups is 1. The molecule has 1 aliphatic heterocycles. The number of methoxy groups -OCH3 is 1. The molecule has 0 unspecified atom stereocenters. The number of hydrogen-bond donors (Lipinski definition) is 2. The van der Waals surface area contributed by atoms with Crippen LogP contribution in [0, 0.1) is 11.3 Å². The first kappa shape index (κ1) is 20.6. The summed E-state index contributed by atoms with van der Waals surface area (Å²) in [6.45, 7) is 1.80. The van der Waals surface area contributed by atoms with Gasteiger partial charge in [-0.2, -0.15) is 5.10 Å². The molecule has 1 aromatic carbocycles.